The molecule has 0 aromatic heterocycles. The summed E-state index contributed by atoms with van der Waals surface area (Å²) in [6.45, 7) is 7.98. The number of hydrogen-bond donors (Lipinski definition) is 2. The predicted molar refractivity (Wildman–Crippen MR) is 66.1 cm³/mol. The van der Waals surface area contributed by atoms with E-state index >= 15 is 0 Å². The van der Waals surface area contributed by atoms with Crippen molar-refractivity contribution in [3.05, 3.63) is 0 Å². The Bertz CT molecular complexity index is 325. The molecule has 0 saturated carbocycles. The van der Waals surface area contributed by atoms with Crippen LogP contribution in [0.25, 0.3) is 0 Å². The van der Waals surface area contributed by atoms with Gasteiger partial charge in [0.25, 0.3) is 0 Å². The molecular weight excluding hydrogens is 236 g/mol. The zero-order valence-corrected chi connectivity index (χ0v) is 11.4. The second kappa shape index (κ2) is 5.14. The molecule has 0 aromatic carbocycles. The van der Waals surface area contributed by atoms with Crippen molar-refractivity contribution in [3.63, 3.8) is 0 Å². The summed E-state index contributed by atoms with van der Waals surface area (Å²) < 4.78 is 5.04. The third-order valence-corrected chi connectivity index (χ3v) is 2.42. The fourth-order valence-corrected chi connectivity index (χ4v) is 1.70. The van der Waals surface area contributed by atoms with Crippen LogP contribution in [0.2, 0.25) is 0 Å². The SMILES string of the molecule is CC1(O)CN(C(=O)CCNC(=O)OC(C)(C)C)C1. The maximum Gasteiger partial charge on any atom is 0.407 e. The lowest BCUT2D eigenvalue weighted by molar-refractivity contribution is -0.152. The number of alkyl carbamates (subject to hydrolysis) is 1. The molecule has 0 unspecified atom stereocenters. The molecule has 2 N–H and O–H groups in total. The van der Waals surface area contributed by atoms with Gasteiger partial charge in [0.2, 0.25) is 5.91 Å². The van der Waals surface area contributed by atoms with Crippen molar-refractivity contribution in [2.24, 2.45) is 0 Å². The Morgan fingerprint density at radius 1 is 1.39 bits per heavy atom. The molecule has 18 heavy (non-hydrogen) atoms. The maximum absolute atomic E-state index is 11.6. The van der Waals surface area contributed by atoms with Crippen molar-refractivity contribution in [3.8, 4) is 0 Å². The summed E-state index contributed by atoms with van der Waals surface area (Å²) in [5.41, 5.74) is -1.29. The summed E-state index contributed by atoms with van der Waals surface area (Å²) in [7, 11) is 0. The van der Waals surface area contributed by atoms with Crippen molar-refractivity contribution in [1.29, 1.82) is 0 Å². The molecule has 0 aliphatic carbocycles. The van der Waals surface area contributed by atoms with Crippen LogP contribution < -0.4 is 5.32 Å². The molecule has 1 saturated heterocycles. The molecule has 1 aliphatic heterocycles. The molecule has 104 valence electrons. The molecule has 6 heteroatoms. The molecule has 0 aromatic rings. The Labute approximate surface area is 107 Å². The van der Waals surface area contributed by atoms with E-state index in [1.807, 2.05) is 0 Å². The van der Waals surface area contributed by atoms with Gasteiger partial charge in [0, 0.05) is 13.0 Å². The molecule has 0 radical (unpaired) electrons. The van der Waals surface area contributed by atoms with Crippen LogP contribution in [0.4, 0.5) is 4.79 Å². The lowest BCUT2D eigenvalue weighted by Crippen LogP contribution is -2.61. The van der Waals surface area contributed by atoms with Crippen LogP contribution in [0.15, 0.2) is 0 Å². The number of aliphatic hydroxyl groups is 1. The van der Waals surface area contributed by atoms with Gasteiger partial charge in [0.1, 0.15) is 5.60 Å². The van der Waals surface area contributed by atoms with Crippen LogP contribution in [-0.2, 0) is 9.53 Å². The van der Waals surface area contributed by atoms with Crippen molar-refractivity contribution in [2.75, 3.05) is 19.6 Å². The number of likely N-dealkylation sites (tertiary alicyclic amines) is 1. The summed E-state index contributed by atoms with van der Waals surface area (Å²) in [6, 6.07) is 0. The van der Waals surface area contributed by atoms with E-state index in [4.69, 9.17) is 4.74 Å². The number of β-amino-alcohol motifs (C(OH)–C–C–N with tert-alkyl or cyclic N) is 1. The van der Waals surface area contributed by atoms with Crippen LogP contribution in [-0.4, -0.2) is 52.8 Å². The number of ether oxygens (including phenoxy) is 1. The fraction of sp³-hybridized carbons (Fsp3) is 0.833. The zero-order chi connectivity index (χ0) is 14.0. The minimum absolute atomic E-state index is 0.0717. The van der Waals surface area contributed by atoms with E-state index in [9.17, 15) is 14.7 Å². The van der Waals surface area contributed by atoms with E-state index in [0.717, 1.165) is 0 Å². The maximum atomic E-state index is 11.6. The smallest absolute Gasteiger partial charge is 0.407 e. The topological polar surface area (TPSA) is 78.9 Å². The third kappa shape index (κ3) is 4.91. The highest BCUT2D eigenvalue weighted by molar-refractivity contribution is 5.78. The Morgan fingerprint density at radius 3 is 2.39 bits per heavy atom. The lowest BCUT2D eigenvalue weighted by atomic mass is 9.97. The Morgan fingerprint density at radius 2 is 1.94 bits per heavy atom. The first-order chi connectivity index (χ1) is 8.09. The first-order valence-electron chi connectivity index (χ1n) is 6.06. The van der Waals surface area contributed by atoms with Gasteiger partial charge in [-0.1, -0.05) is 0 Å². The molecule has 1 aliphatic rings. The minimum Gasteiger partial charge on any atom is -0.444 e. The average molecular weight is 258 g/mol. The first kappa shape index (κ1) is 14.8. The monoisotopic (exact) mass is 258 g/mol. The van der Waals surface area contributed by atoms with Gasteiger partial charge in [-0.25, -0.2) is 4.79 Å². The first-order valence-corrected chi connectivity index (χ1v) is 6.06. The van der Waals surface area contributed by atoms with Gasteiger partial charge in [0.15, 0.2) is 0 Å². The summed E-state index contributed by atoms with van der Waals surface area (Å²) in [4.78, 5) is 24.5. The van der Waals surface area contributed by atoms with Gasteiger partial charge in [-0.05, 0) is 27.7 Å². The molecule has 6 nitrogen and oxygen atoms in total. The standard InChI is InChI=1S/C12H22N2O4/c1-11(2,3)18-10(16)13-6-5-9(15)14-7-12(4,17)8-14/h17H,5-8H2,1-4H3,(H,13,16). The summed E-state index contributed by atoms with van der Waals surface area (Å²) in [5, 5.41) is 12.0. The number of amides is 2. The van der Waals surface area contributed by atoms with Crippen LogP contribution in [0, 0.1) is 0 Å². The molecule has 1 heterocycles. The Hall–Kier alpha value is -1.30. The third-order valence-electron chi connectivity index (χ3n) is 2.42. The van der Waals surface area contributed by atoms with Gasteiger partial charge >= 0.3 is 6.09 Å². The molecule has 2 amide bonds. The summed E-state index contributed by atoms with van der Waals surface area (Å²) >= 11 is 0. The quantitative estimate of drug-likeness (QED) is 0.772. The number of carbonyl (C=O) groups is 2. The van der Waals surface area contributed by atoms with E-state index in [0.29, 0.717) is 13.1 Å². The molecule has 0 bridgehead atoms. The average Bonchev–Trinajstić information content (AvgIpc) is 2.10. The van der Waals surface area contributed by atoms with Gasteiger partial charge in [-0.15, -0.1) is 0 Å². The second-order valence-electron chi connectivity index (χ2n) is 5.93. The predicted octanol–water partition coefficient (Wildman–Crippen LogP) is 0.494. The molecule has 1 rings (SSSR count). The van der Waals surface area contributed by atoms with Crippen LogP contribution in [0.1, 0.15) is 34.1 Å². The number of nitrogens with zero attached hydrogens (tertiary/aromatic N) is 1. The normalized spacial score (nSPS) is 17.9. The van der Waals surface area contributed by atoms with Crippen LogP contribution in [0.3, 0.4) is 0 Å². The molecule has 0 spiro atoms. The molecular formula is C12H22N2O4. The molecule has 1 fully saturated rings. The highest BCUT2D eigenvalue weighted by Crippen LogP contribution is 2.20. The van der Waals surface area contributed by atoms with Gasteiger partial charge < -0.3 is 20.1 Å². The van der Waals surface area contributed by atoms with Crippen molar-refractivity contribution in [2.45, 2.75) is 45.3 Å². The van der Waals surface area contributed by atoms with Gasteiger partial charge in [0.05, 0.1) is 18.7 Å². The lowest BCUT2D eigenvalue weighted by Gasteiger charge is -2.44. The Balaban J connectivity index is 2.15. The minimum atomic E-state index is -0.756. The highest BCUT2D eigenvalue weighted by Gasteiger charge is 2.38. The number of carbonyl (C=O) groups excluding carboxylic acids is 2. The fourth-order valence-electron chi connectivity index (χ4n) is 1.70. The highest BCUT2D eigenvalue weighted by atomic mass is 16.6. The van der Waals surface area contributed by atoms with Crippen LogP contribution >= 0.6 is 0 Å². The number of rotatable bonds is 3. The van der Waals surface area contributed by atoms with E-state index in [1.165, 1.54) is 0 Å². The second-order valence-corrected chi connectivity index (χ2v) is 5.93. The number of hydrogen-bond acceptors (Lipinski definition) is 4. The summed E-state index contributed by atoms with van der Waals surface area (Å²) in [6.07, 6.45) is -0.305. The van der Waals surface area contributed by atoms with Crippen molar-refractivity contribution >= 4 is 12.0 Å². The molecule has 0 atom stereocenters. The van der Waals surface area contributed by atoms with Gasteiger partial charge in [-0.2, -0.15) is 0 Å². The van der Waals surface area contributed by atoms with E-state index in [2.05, 4.69) is 5.32 Å². The largest absolute Gasteiger partial charge is 0.444 e. The van der Waals surface area contributed by atoms with Gasteiger partial charge in [-0.3, -0.25) is 4.79 Å². The van der Waals surface area contributed by atoms with E-state index in [1.54, 1.807) is 32.6 Å². The van der Waals surface area contributed by atoms with E-state index < -0.39 is 17.3 Å². The van der Waals surface area contributed by atoms with E-state index in [-0.39, 0.29) is 18.9 Å². The number of nitrogens with one attached hydrogen (secondary N) is 1. The van der Waals surface area contributed by atoms with Crippen LogP contribution in [0.5, 0.6) is 0 Å². The Kier molecular flexibility index (Phi) is 4.21. The van der Waals surface area contributed by atoms with Crippen molar-refractivity contribution in [1.82, 2.24) is 10.2 Å². The van der Waals surface area contributed by atoms with Crippen molar-refractivity contribution < 1.29 is 19.4 Å². The summed E-state index contributed by atoms with van der Waals surface area (Å²) in [5.74, 6) is -0.0717. The zero-order valence-electron chi connectivity index (χ0n) is 11.4.